The highest BCUT2D eigenvalue weighted by molar-refractivity contribution is 6.41. The van der Waals surface area contributed by atoms with Gasteiger partial charge in [-0.2, -0.15) is 0 Å². The lowest BCUT2D eigenvalue weighted by molar-refractivity contribution is -0.137. The van der Waals surface area contributed by atoms with E-state index in [1.165, 1.54) is 18.2 Å². The van der Waals surface area contributed by atoms with Crippen LogP contribution in [0.5, 0.6) is 17.2 Å². The number of hydrogen-bond acceptors (Lipinski definition) is 5. The van der Waals surface area contributed by atoms with Gasteiger partial charge in [0.1, 0.15) is 17.2 Å². The van der Waals surface area contributed by atoms with Crippen molar-refractivity contribution in [1.82, 2.24) is 0 Å². The fourth-order valence-electron chi connectivity index (χ4n) is 1.69. The molecule has 0 saturated heterocycles. The summed E-state index contributed by atoms with van der Waals surface area (Å²) in [5.74, 6) is -1.30. The first-order valence-electron chi connectivity index (χ1n) is 6.39. The molecular weight excluding hydrogens is 272 g/mol. The predicted molar refractivity (Wildman–Crippen MR) is 75.6 cm³/mol. The maximum atomic E-state index is 11.9. The van der Waals surface area contributed by atoms with E-state index in [1.54, 1.807) is 31.2 Å². The summed E-state index contributed by atoms with van der Waals surface area (Å²) in [6.07, 6.45) is 0. The van der Waals surface area contributed by atoms with E-state index >= 15 is 0 Å². The highest BCUT2D eigenvalue weighted by Crippen LogP contribution is 2.27. The van der Waals surface area contributed by atoms with E-state index in [1.807, 2.05) is 6.07 Å². The van der Waals surface area contributed by atoms with E-state index in [0.717, 1.165) is 0 Å². The molecule has 2 rings (SSSR count). The van der Waals surface area contributed by atoms with Crippen molar-refractivity contribution in [2.45, 2.75) is 6.92 Å². The number of benzene rings is 2. The Hall–Kier alpha value is -2.82. The molecule has 0 aliphatic heterocycles. The third-order valence-electron chi connectivity index (χ3n) is 2.65. The summed E-state index contributed by atoms with van der Waals surface area (Å²) in [5, 5.41) is 9.70. The lowest BCUT2D eigenvalue weighted by Gasteiger charge is -2.08. The Morgan fingerprint density at radius 3 is 2.43 bits per heavy atom. The molecule has 5 heteroatoms. The van der Waals surface area contributed by atoms with Crippen molar-refractivity contribution < 1.29 is 24.2 Å². The minimum Gasteiger partial charge on any atom is -0.507 e. The minimum absolute atomic E-state index is 0.0888. The standard InChI is InChI=1S/C16H14O5/c1-2-20-16(19)15(18)13-10-12(8-9-14(13)17)21-11-6-4-3-5-7-11/h3-10,17H,2H2,1H3. The van der Waals surface area contributed by atoms with Crippen LogP contribution in [0.3, 0.4) is 0 Å². The zero-order chi connectivity index (χ0) is 15.2. The average molecular weight is 286 g/mol. The SMILES string of the molecule is CCOC(=O)C(=O)c1cc(Oc2ccccc2)ccc1O. The maximum Gasteiger partial charge on any atom is 0.379 e. The summed E-state index contributed by atoms with van der Waals surface area (Å²) in [6, 6.07) is 13.1. The van der Waals surface area contributed by atoms with E-state index in [-0.39, 0.29) is 17.9 Å². The van der Waals surface area contributed by atoms with Crippen molar-refractivity contribution in [3.8, 4) is 17.2 Å². The quantitative estimate of drug-likeness (QED) is 0.519. The summed E-state index contributed by atoms with van der Waals surface area (Å²) in [6.45, 7) is 1.69. The van der Waals surface area contributed by atoms with Gasteiger partial charge in [0.05, 0.1) is 12.2 Å². The number of phenolic OH excluding ortho intramolecular Hbond substituents is 1. The van der Waals surface area contributed by atoms with Crippen LogP contribution >= 0.6 is 0 Å². The third kappa shape index (κ3) is 3.60. The molecule has 0 bridgehead atoms. The molecule has 2 aromatic carbocycles. The zero-order valence-corrected chi connectivity index (χ0v) is 11.4. The van der Waals surface area contributed by atoms with Crippen molar-refractivity contribution >= 4 is 11.8 Å². The van der Waals surface area contributed by atoms with E-state index in [9.17, 15) is 14.7 Å². The lowest BCUT2D eigenvalue weighted by Crippen LogP contribution is -2.17. The summed E-state index contributed by atoms with van der Waals surface area (Å²) in [5.41, 5.74) is -0.151. The Morgan fingerprint density at radius 2 is 1.76 bits per heavy atom. The molecule has 5 nitrogen and oxygen atoms in total. The predicted octanol–water partition coefficient (Wildman–Crippen LogP) is 2.93. The van der Waals surface area contributed by atoms with Crippen molar-refractivity contribution in [3.63, 3.8) is 0 Å². The van der Waals surface area contributed by atoms with Gasteiger partial charge in [0.15, 0.2) is 0 Å². The smallest absolute Gasteiger partial charge is 0.379 e. The van der Waals surface area contributed by atoms with Gasteiger partial charge in [0.25, 0.3) is 5.78 Å². The molecule has 0 saturated carbocycles. The van der Waals surface area contributed by atoms with Crippen LogP contribution in [0.1, 0.15) is 17.3 Å². The molecule has 0 aliphatic rings. The number of para-hydroxylation sites is 1. The number of hydrogen-bond donors (Lipinski definition) is 1. The molecule has 0 amide bonds. The number of Topliss-reactive ketones (excluding diaryl/α,β-unsaturated/α-hetero) is 1. The number of ketones is 1. The largest absolute Gasteiger partial charge is 0.507 e. The summed E-state index contributed by atoms with van der Waals surface area (Å²) in [4.78, 5) is 23.3. The van der Waals surface area contributed by atoms with E-state index in [4.69, 9.17) is 4.74 Å². The fourth-order valence-corrected chi connectivity index (χ4v) is 1.69. The van der Waals surface area contributed by atoms with Crippen LogP contribution in [-0.4, -0.2) is 23.5 Å². The van der Waals surface area contributed by atoms with E-state index < -0.39 is 11.8 Å². The Morgan fingerprint density at radius 1 is 1.05 bits per heavy atom. The second-order valence-electron chi connectivity index (χ2n) is 4.14. The summed E-state index contributed by atoms with van der Waals surface area (Å²) < 4.78 is 10.2. The van der Waals surface area contributed by atoms with Crippen molar-refractivity contribution in [2.75, 3.05) is 6.61 Å². The van der Waals surface area contributed by atoms with Gasteiger partial charge >= 0.3 is 5.97 Å². The first-order valence-corrected chi connectivity index (χ1v) is 6.39. The average Bonchev–Trinajstić information content (AvgIpc) is 2.50. The Labute approximate surface area is 121 Å². The van der Waals surface area contributed by atoms with E-state index in [2.05, 4.69) is 4.74 Å². The summed E-state index contributed by atoms with van der Waals surface area (Å²) in [7, 11) is 0. The highest BCUT2D eigenvalue weighted by Gasteiger charge is 2.21. The van der Waals surface area contributed by atoms with Gasteiger partial charge in [-0.25, -0.2) is 4.79 Å². The van der Waals surface area contributed by atoms with Crippen LogP contribution in [0.15, 0.2) is 48.5 Å². The van der Waals surface area contributed by atoms with Gasteiger partial charge in [-0.15, -0.1) is 0 Å². The second kappa shape index (κ2) is 6.56. The van der Waals surface area contributed by atoms with Gasteiger partial charge in [0, 0.05) is 0 Å². The number of aromatic hydroxyl groups is 1. The minimum atomic E-state index is -1.01. The Bertz CT molecular complexity index is 649. The molecule has 2 aromatic rings. The topological polar surface area (TPSA) is 72.8 Å². The van der Waals surface area contributed by atoms with Crippen molar-refractivity contribution in [3.05, 3.63) is 54.1 Å². The van der Waals surface area contributed by atoms with Gasteiger partial charge in [-0.3, -0.25) is 4.79 Å². The molecule has 0 unspecified atom stereocenters. The molecule has 108 valence electrons. The fraction of sp³-hybridized carbons (Fsp3) is 0.125. The monoisotopic (exact) mass is 286 g/mol. The molecule has 0 fully saturated rings. The number of phenols is 1. The number of carbonyl (C=O) groups is 2. The third-order valence-corrected chi connectivity index (χ3v) is 2.65. The van der Waals surface area contributed by atoms with E-state index in [0.29, 0.717) is 11.5 Å². The number of rotatable bonds is 5. The van der Waals surface area contributed by atoms with Gasteiger partial charge < -0.3 is 14.6 Å². The normalized spacial score (nSPS) is 9.95. The van der Waals surface area contributed by atoms with Gasteiger partial charge in [-0.1, -0.05) is 18.2 Å². The Balaban J connectivity index is 2.25. The molecule has 0 spiro atoms. The number of esters is 1. The van der Waals surface area contributed by atoms with Gasteiger partial charge in [0.2, 0.25) is 0 Å². The molecule has 0 heterocycles. The van der Waals surface area contributed by atoms with Crippen LogP contribution in [0.25, 0.3) is 0 Å². The van der Waals surface area contributed by atoms with Crippen LogP contribution in [0.4, 0.5) is 0 Å². The summed E-state index contributed by atoms with van der Waals surface area (Å²) >= 11 is 0. The van der Waals surface area contributed by atoms with Crippen LogP contribution in [0, 0.1) is 0 Å². The number of ether oxygens (including phenoxy) is 2. The Kier molecular flexibility index (Phi) is 4.56. The number of carbonyl (C=O) groups excluding carboxylic acids is 2. The maximum absolute atomic E-state index is 11.9. The molecule has 21 heavy (non-hydrogen) atoms. The second-order valence-corrected chi connectivity index (χ2v) is 4.14. The molecule has 0 atom stereocenters. The van der Waals surface area contributed by atoms with Crippen LogP contribution in [0.2, 0.25) is 0 Å². The first-order chi connectivity index (χ1) is 10.1. The molecule has 0 aliphatic carbocycles. The lowest BCUT2D eigenvalue weighted by atomic mass is 10.1. The van der Waals surface area contributed by atoms with Gasteiger partial charge in [-0.05, 0) is 37.3 Å². The molecule has 0 aromatic heterocycles. The van der Waals surface area contributed by atoms with Crippen molar-refractivity contribution in [1.29, 1.82) is 0 Å². The first kappa shape index (κ1) is 14.6. The molecule has 1 N–H and O–H groups in total. The zero-order valence-electron chi connectivity index (χ0n) is 11.4. The van der Waals surface area contributed by atoms with Crippen LogP contribution < -0.4 is 4.74 Å². The molecular formula is C16H14O5. The molecule has 0 radical (unpaired) electrons. The van der Waals surface area contributed by atoms with Crippen molar-refractivity contribution in [2.24, 2.45) is 0 Å². The van der Waals surface area contributed by atoms with Crippen LogP contribution in [-0.2, 0) is 9.53 Å². The highest BCUT2D eigenvalue weighted by atomic mass is 16.5.